The van der Waals surface area contributed by atoms with E-state index in [-0.39, 0.29) is 11.2 Å². The summed E-state index contributed by atoms with van der Waals surface area (Å²) in [6.07, 6.45) is 16.6. The van der Waals surface area contributed by atoms with E-state index in [0.717, 1.165) is 26.3 Å². The molecular formula is C23H45N2O2+. The predicted octanol–water partition coefficient (Wildman–Crippen LogP) is 5.53. The zero-order valence-corrected chi connectivity index (χ0v) is 18.9. The molecule has 0 radical (unpaired) electrons. The lowest BCUT2D eigenvalue weighted by Gasteiger charge is -2.19. The zero-order valence-electron chi connectivity index (χ0n) is 18.9. The molecule has 0 aliphatic heterocycles. The Labute approximate surface area is 168 Å². The molecule has 0 N–H and O–H groups in total. The molecule has 4 heteroatoms. The maximum absolute atomic E-state index is 5.77. The van der Waals surface area contributed by atoms with E-state index < -0.39 is 0 Å². The minimum absolute atomic E-state index is 0.00102. The largest absolute Gasteiger partial charge is 0.376 e. The van der Waals surface area contributed by atoms with E-state index >= 15 is 0 Å². The summed E-state index contributed by atoms with van der Waals surface area (Å²) in [7, 11) is 0. The van der Waals surface area contributed by atoms with Crippen LogP contribution < -0.4 is 4.57 Å². The molecule has 0 saturated heterocycles. The first-order valence-corrected chi connectivity index (χ1v) is 11.0. The minimum atomic E-state index is -0.00102. The Morgan fingerprint density at radius 3 is 1.78 bits per heavy atom. The molecule has 0 bridgehead atoms. The predicted molar refractivity (Wildman–Crippen MR) is 113 cm³/mol. The van der Waals surface area contributed by atoms with Crippen LogP contribution in [0, 0.1) is 0 Å². The molecular weight excluding hydrogens is 336 g/mol. The number of nitrogens with zero attached hydrogens (tertiary/aromatic N) is 2. The maximum Gasteiger partial charge on any atom is 0.243 e. The zero-order chi connectivity index (χ0) is 20.2. The molecule has 0 spiro atoms. The lowest BCUT2D eigenvalue weighted by molar-refractivity contribution is -0.696. The van der Waals surface area contributed by atoms with E-state index in [1.165, 1.54) is 51.4 Å². The Morgan fingerprint density at radius 2 is 1.22 bits per heavy atom. The van der Waals surface area contributed by atoms with Gasteiger partial charge < -0.3 is 9.47 Å². The summed E-state index contributed by atoms with van der Waals surface area (Å²) in [6.45, 7) is 16.7. The molecule has 1 aromatic rings. The highest BCUT2D eigenvalue weighted by atomic mass is 16.5. The average molecular weight is 382 g/mol. The molecule has 0 amide bonds. The molecule has 158 valence electrons. The van der Waals surface area contributed by atoms with Gasteiger partial charge in [-0.05, 0) is 80.1 Å². The van der Waals surface area contributed by atoms with Crippen LogP contribution in [0.4, 0.5) is 0 Å². The van der Waals surface area contributed by atoms with Crippen molar-refractivity contribution in [2.75, 3.05) is 13.2 Å². The third-order valence-electron chi connectivity index (χ3n) is 4.44. The molecule has 0 aromatic carbocycles. The van der Waals surface area contributed by atoms with Crippen LogP contribution in [0.25, 0.3) is 0 Å². The van der Waals surface area contributed by atoms with Gasteiger partial charge in [0.15, 0.2) is 0 Å². The summed E-state index contributed by atoms with van der Waals surface area (Å²) in [5.41, 5.74) is -0.00205. The summed E-state index contributed by atoms with van der Waals surface area (Å²) in [5, 5.41) is 0. The molecule has 4 nitrogen and oxygen atoms in total. The van der Waals surface area contributed by atoms with Gasteiger partial charge in [-0.2, -0.15) is 0 Å². The van der Waals surface area contributed by atoms with Crippen LogP contribution in [-0.2, 0) is 22.6 Å². The maximum atomic E-state index is 5.77. The minimum Gasteiger partial charge on any atom is -0.376 e. The summed E-state index contributed by atoms with van der Waals surface area (Å²) >= 11 is 0. The second kappa shape index (κ2) is 12.6. The fraction of sp³-hybridized carbons (Fsp3) is 0.870. The fourth-order valence-electron chi connectivity index (χ4n) is 2.96. The third kappa shape index (κ3) is 14.8. The number of unbranched alkanes of at least 4 members (excludes halogenated alkanes) is 6. The average Bonchev–Trinajstić information content (AvgIpc) is 2.99. The van der Waals surface area contributed by atoms with Crippen molar-refractivity contribution >= 4 is 0 Å². The summed E-state index contributed by atoms with van der Waals surface area (Å²) in [5.74, 6) is 0. The van der Waals surface area contributed by atoms with Crippen LogP contribution in [0.1, 0.15) is 92.9 Å². The van der Waals surface area contributed by atoms with E-state index in [2.05, 4.69) is 69.4 Å². The van der Waals surface area contributed by atoms with Crippen molar-refractivity contribution in [3.05, 3.63) is 18.7 Å². The van der Waals surface area contributed by atoms with Gasteiger partial charge in [-0.1, -0.05) is 12.8 Å². The van der Waals surface area contributed by atoms with Gasteiger partial charge >= 0.3 is 0 Å². The van der Waals surface area contributed by atoms with Gasteiger partial charge in [0.25, 0.3) is 0 Å². The molecule has 0 aliphatic carbocycles. The van der Waals surface area contributed by atoms with Crippen molar-refractivity contribution in [3.63, 3.8) is 0 Å². The highest BCUT2D eigenvalue weighted by molar-refractivity contribution is 4.66. The Hall–Kier alpha value is -0.870. The summed E-state index contributed by atoms with van der Waals surface area (Å²) in [6, 6.07) is 0. The van der Waals surface area contributed by atoms with Gasteiger partial charge in [-0.3, -0.25) is 0 Å². The molecule has 0 aliphatic rings. The number of hydrogen-bond acceptors (Lipinski definition) is 2. The van der Waals surface area contributed by atoms with Crippen molar-refractivity contribution in [1.82, 2.24) is 4.57 Å². The number of aromatic nitrogens is 2. The number of hydrogen-bond donors (Lipinski definition) is 0. The third-order valence-corrected chi connectivity index (χ3v) is 4.44. The van der Waals surface area contributed by atoms with Gasteiger partial charge in [0.1, 0.15) is 12.4 Å². The Bertz CT molecular complexity index is 441. The van der Waals surface area contributed by atoms with E-state index in [9.17, 15) is 0 Å². The molecule has 0 saturated carbocycles. The highest BCUT2D eigenvalue weighted by Gasteiger charge is 2.10. The quantitative estimate of drug-likeness (QED) is 0.313. The fourth-order valence-corrected chi connectivity index (χ4v) is 2.96. The van der Waals surface area contributed by atoms with Gasteiger partial charge in [0.05, 0.1) is 24.3 Å². The first-order chi connectivity index (χ1) is 12.7. The molecule has 1 aromatic heterocycles. The number of ether oxygens (including phenoxy) is 2. The van der Waals surface area contributed by atoms with Crippen LogP contribution in [0.3, 0.4) is 0 Å². The molecule has 1 rings (SSSR count). The van der Waals surface area contributed by atoms with Gasteiger partial charge in [0.2, 0.25) is 6.33 Å². The molecule has 0 atom stereocenters. The number of imidazole rings is 1. The van der Waals surface area contributed by atoms with Crippen LogP contribution in [0.5, 0.6) is 0 Å². The van der Waals surface area contributed by atoms with Crippen molar-refractivity contribution < 1.29 is 14.0 Å². The van der Waals surface area contributed by atoms with Crippen molar-refractivity contribution in [1.29, 1.82) is 0 Å². The van der Waals surface area contributed by atoms with E-state index in [1.807, 2.05) is 0 Å². The highest BCUT2D eigenvalue weighted by Crippen LogP contribution is 2.10. The Balaban J connectivity index is 1.99. The lowest BCUT2D eigenvalue weighted by atomic mass is 10.1. The van der Waals surface area contributed by atoms with Crippen molar-refractivity contribution in [2.45, 2.75) is 117 Å². The van der Waals surface area contributed by atoms with Gasteiger partial charge in [-0.15, -0.1) is 0 Å². The van der Waals surface area contributed by atoms with Crippen LogP contribution in [0.2, 0.25) is 0 Å². The lowest BCUT2D eigenvalue weighted by Crippen LogP contribution is -2.30. The van der Waals surface area contributed by atoms with Crippen LogP contribution in [-0.4, -0.2) is 29.0 Å². The molecule has 27 heavy (non-hydrogen) atoms. The summed E-state index contributed by atoms with van der Waals surface area (Å²) < 4.78 is 16.2. The molecule has 0 fully saturated rings. The second-order valence-electron chi connectivity index (χ2n) is 9.64. The van der Waals surface area contributed by atoms with E-state index in [4.69, 9.17) is 9.47 Å². The first-order valence-electron chi connectivity index (χ1n) is 11.0. The van der Waals surface area contributed by atoms with Crippen molar-refractivity contribution in [3.8, 4) is 0 Å². The number of rotatable bonds is 14. The van der Waals surface area contributed by atoms with E-state index in [1.54, 1.807) is 0 Å². The monoisotopic (exact) mass is 381 g/mol. The van der Waals surface area contributed by atoms with Crippen LogP contribution in [0.15, 0.2) is 18.7 Å². The van der Waals surface area contributed by atoms with Crippen LogP contribution >= 0.6 is 0 Å². The Morgan fingerprint density at radius 1 is 0.704 bits per heavy atom. The normalized spacial score (nSPS) is 12.7. The standard InChI is InChI=1S/C23H45N2O2/c1-22(2,3)26-19-13-9-7-11-15-24-17-18-25(21-24)16-12-8-10-14-20-27-23(4,5)6/h17-18,21H,7-16,19-20H2,1-6H3/q+1. The Kier molecular flexibility index (Phi) is 11.2. The van der Waals surface area contributed by atoms with Crippen molar-refractivity contribution in [2.24, 2.45) is 0 Å². The molecule has 0 unspecified atom stereocenters. The smallest absolute Gasteiger partial charge is 0.243 e. The molecule has 1 heterocycles. The summed E-state index contributed by atoms with van der Waals surface area (Å²) in [4.78, 5) is 0. The van der Waals surface area contributed by atoms with Gasteiger partial charge in [-0.25, -0.2) is 9.13 Å². The number of aryl methyl sites for hydroxylation is 2. The second-order valence-corrected chi connectivity index (χ2v) is 9.64. The first kappa shape index (κ1) is 24.2. The van der Waals surface area contributed by atoms with Gasteiger partial charge in [0, 0.05) is 13.2 Å². The SMILES string of the molecule is CC(C)(C)OCCCCCCn1cc[n+](CCCCCCOC(C)(C)C)c1. The van der Waals surface area contributed by atoms with E-state index in [0.29, 0.717) is 0 Å². The topological polar surface area (TPSA) is 27.3 Å².